The van der Waals surface area contributed by atoms with E-state index in [2.05, 4.69) is 0 Å². The molecule has 0 saturated carbocycles. The highest BCUT2D eigenvalue weighted by atomic mass is 35.5. The zero-order valence-corrected chi connectivity index (χ0v) is 13.3. The lowest BCUT2D eigenvalue weighted by Crippen LogP contribution is -2.30. The smallest absolute Gasteiger partial charge is 0.207 e. The van der Waals surface area contributed by atoms with Gasteiger partial charge in [-0.1, -0.05) is 23.7 Å². The van der Waals surface area contributed by atoms with Gasteiger partial charge in [-0.2, -0.15) is 4.31 Å². The van der Waals surface area contributed by atoms with Crippen molar-refractivity contribution >= 4 is 21.6 Å². The van der Waals surface area contributed by atoms with Crippen molar-refractivity contribution in [1.29, 1.82) is 0 Å². The topological polar surface area (TPSA) is 37.4 Å². The van der Waals surface area contributed by atoms with Crippen molar-refractivity contribution < 1.29 is 12.8 Å². The van der Waals surface area contributed by atoms with Gasteiger partial charge in [-0.25, -0.2) is 12.8 Å². The number of rotatable bonds is 3. The minimum atomic E-state index is -3.61. The van der Waals surface area contributed by atoms with Crippen LogP contribution in [0.1, 0.15) is 24.4 Å². The number of sulfonamides is 1. The van der Waals surface area contributed by atoms with Gasteiger partial charge in [-0.3, -0.25) is 0 Å². The molecule has 0 bridgehead atoms. The van der Waals surface area contributed by atoms with Gasteiger partial charge in [0.2, 0.25) is 10.0 Å². The van der Waals surface area contributed by atoms with Crippen LogP contribution in [0.4, 0.5) is 4.39 Å². The molecular weight excluding hydrogens is 325 g/mol. The fraction of sp³-hybridized carbons (Fsp3) is 0.250. The third kappa shape index (κ3) is 2.89. The van der Waals surface area contributed by atoms with Crippen molar-refractivity contribution in [2.75, 3.05) is 6.54 Å². The molecule has 1 heterocycles. The highest BCUT2D eigenvalue weighted by Gasteiger charge is 2.36. The van der Waals surface area contributed by atoms with Crippen LogP contribution in [0.25, 0.3) is 0 Å². The van der Waals surface area contributed by atoms with Crippen LogP contribution >= 0.6 is 11.6 Å². The van der Waals surface area contributed by atoms with Gasteiger partial charge < -0.3 is 0 Å². The summed E-state index contributed by atoms with van der Waals surface area (Å²) in [6, 6.07) is 11.9. The van der Waals surface area contributed by atoms with E-state index in [9.17, 15) is 12.8 Å². The maximum Gasteiger partial charge on any atom is 0.243 e. The van der Waals surface area contributed by atoms with E-state index in [1.165, 1.54) is 28.6 Å². The maximum absolute atomic E-state index is 13.4. The average molecular weight is 340 g/mol. The first-order valence-electron chi connectivity index (χ1n) is 7.01. The van der Waals surface area contributed by atoms with Crippen molar-refractivity contribution in [3.8, 4) is 0 Å². The Labute approximate surface area is 134 Å². The fourth-order valence-electron chi connectivity index (χ4n) is 2.82. The molecule has 1 aliphatic rings. The summed E-state index contributed by atoms with van der Waals surface area (Å²) in [5.41, 5.74) is 0.690. The summed E-state index contributed by atoms with van der Waals surface area (Å²) in [6.45, 7) is 0.437. The largest absolute Gasteiger partial charge is 0.243 e. The molecule has 22 heavy (non-hydrogen) atoms. The molecule has 0 aliphatic carbocycles. The van der Waals surface area contributed by atoms with E-state index in [4.69, 9.17) is 11.6 Å². The van der Waals surface area contributed by atoms with E-state index in [0.717, 1.165) is 6.42 Å². The Morgan fingerprint density at radius 1 is 1.14 bits per heavy atom. The van der Waals surface area contributed by atoms with Crippen LogP contribution in [0.15, 0.2) is 53.4 Å². The second-order valence-electron chi connectivity index (χ2n) is 5.28. The van der Waals surface area contributed by atoms with Gasteiger partial charge >= 0.3 is 0 Å². The third-order valence-corrected chi connectivity index (χ3v) is 6.03. The number of halogens is 2. The first kappa shape index (κ1) is 15.5. The molecule has 1 atom stereocenters. The van der Waals surface area contributed by atoms with E-state index in [1.54, 1.807) is 24.3 Å². The van der Waals surface area contributed by atoms with Gasteiger partial charge in [-0.05, 0) is 54.8 Å². The summed E-state index contributed by atoms with van der Waals surface area (Å²) >= 11 is 5.81. The molecule has 116 valence electrons. The van der Waals surface area contributed by atoms with E-state index < -0.39 is 10.0 Å². The molecular formula is C16H15ClFNO2S. The molecule has 2 aromatic carbocycles. The van der Waals surface area contributed by atoms with E-state index in [0.29, 0.717) is 23.6 Å². The first-order valence-corrected chi connectivity index (χ1v) is 8.83. The molecule has 0 amide bonds. The van der Waals surface area contributed by atoms with Gasteiger partial charge in [0.15, 0.2) is 0 Å². The summed E-state index contributed by atoms with van der Waals surface area (Å²) in [5, 5.41) is 0.488. The van der Waals surface area contributed by atoms with Crippen molar-refractivity contribution in [2.24, 2.45) is 0 Å². The van der Waals surface area contributed by atoms with Crippen LogP contribution in [0.2, 0.25) is 5.02 Å². The molecule has 2 aromatic rings. The average Bonchev–Trinajstić information content (AvgIpc) is 2.98. The Balaban J connectivity index is 1.97. The Hall–Kier alpha value is -1.43. The van der Waals surface area contributed by atoms with Crippen LogP contribution in [0.5, 0.6) is 0 Å². The van der Waals surface area contributed by atoms with Crippen LogP contribution in [-0.2, 0) is 10.0 Å². The highest BCUT2D eigenvalue weighted by Crippen LogP contribution is 2.36. The van der Waals surface area contributed by atoms with Gasteiger partial charge in [-0.15, -0.1) is 0 Å². The standard InChI is InChI=1S/C16H15ClFNO2S/c17-13-6-8-15(9-7-13)22(20,21)19-10-2-5-16(19)12-3-1-4-14(18)11-12/h1,3-4,6-9,11,16H,2,5,10H2. The SMILES string of the molecule is O=S(=O)(c1ccc(Cl)cc1)N1CCCC1c1cccc(F)c1. The molecule has 3 nitrogen and oxygen atoms in total. The number of hydrogen-bond donors (Lipinski definition) is 0. The minimum Gasteiger partial charge on any atom is -0.207 e. The molecule has 0 N–H and O–H groups in total. The zero-order chi connectivity index (χ0) is 15.7. The summed E-state index contributed by atoms with van der Waals surface area (Å²) in [5.74, 6) is -0.353. The minimum absolute atomic E-state index is 0.209. The molecule has 1 aliphatic heterocycles. The predicted molar refractivity (Wildman–Crippen MR) is 83.7 cm³/mol. The van der Waals surface area contributed by atoms with Gasteiger partial charge in [0, 0.05) is 11.6 Å². The van der Waals surface area contributed by atoms with Crippen LogP contribution in [-0.4, -0.2) is 19.3 Å². The lowest BCUT2D eigenvalue weighted by Gasteiger charge is -2.24. The molecule has 6 heteroatoms. The third-order valence-electron chi connectivity index (χ3n) is 3.86. The zero-order valence-electron chi connectivity index (χ0n) is 11.7. The van der Waals surface area contributed by atoms with E-state index in [1.807, 2.05) is 0 Å². The summed E-state index contributed by atoms with van der Waals surface area (Å²) in [7, 11) is -3.61. The molecule has 1 unspecified atom stereocenters. The maximum atomic E-state index is 13.4. The van der Waals surface area contributed by atoms with E-state index >= 15 is 0 Å². The number of hydrogen-bond acceptors (Lipinski definition) is 2. The van der Waals surface area contributed by atoms with E-state index in [-0.39, 0.29) is 16.8 Å². The van der Waals surface area contributed by atoms with Crippen LogP contribution < -0.4 is 0 Å². The van der Waals surface area contributed by atoms with Crippen molar-refractivity contribution in [3.63, 3.8) is 0 Å². The number of nitrogens with zero attached hydrogens (tertiary/aromatic N) is 1. The molecule has 0 radical (unpaired) electrons. The Kier molecular flexibility index (Phi) is 4.21. The quantitative estimate of drug-likeness (QED) is 0.847. The Morgan fingerprint density at radius 2 is 1.86 bits per heavy atom. The molecule has 1 fully saturated rings. The van der Waals surface area contributed by atoms with Gasteiger partial charge in [0.05, 0.1) is 10.9 Å². The second kappa shape index (κ2) is 5.99. The lowest BCUT2D eigenvalue weighted by molar-refractivity contribution is 0.395. The molecule has 0 aromatic heterocycles. The Morgan fingerprint density at radius 3 is 2.55 bits per heavy atom. The van der Waals surface area contributed by atoms with Crippen molar-refractivity contribution in [1.82, 2.24) is 4.31 Å². The van der Waals surface area contributed by atoms with Crippen molar-refractivity contribution in [3.05, 3.63) is 64.9 Å². The van der Waals surface area contributed by atoms with Crippen molar-refractivity contribution in [2.45, 2.75) is 23.8 Å². The Bertz CT molecular complexity index is 777. The number of benzene rings is 2. The molecule has 0 spiro atoms. The summed E-state index contributed by atoms with van der Waals surface area (Å²) in [4.78, 5) is 0.209. The second-order valence-corrected chi connectivity index (χ2v) is 7.61. The first-order chi connectivity index (χ1) is 10.5. The molecule has 1 saturated heterocycles. The monoisotopic (exact) mass is 339 g/mol. The van der Waals surface area contributed by atoms with Crippen LogP contribution in [0.3, 0.4) is 0 Å². The summed E-state index contributed by atoms with van der Waals surface area (Å²) in [6.07, 6.45) is 1.45. The van der Waals surface area contributed by atoms with Gasteiger partial charge in [0.25, 0.3) is 0 Å². The summed E-state index contributed by atoms with van der Waals surface area (Å²) < 4.78 is 40.5. The van der Waals surface area contributed by atoms with Crippen LogP contribution in [0, 0.1) is 5.82 Å². The van der Waals surface area contributed by atoms with Gasteiger partial charge in [0.1, 0.15) is 5.82 Å². The highest BCUT2D eigenvalue weighted by molar-refractivity contribution is 7.89. The normalized spacial score (nSPS) is 19.5. The predicted octanol–water partition coefficient (Wildman–Crippen LogP) is 4.00. The molecule has 3 rings (SSSR count). The lowest BCUT2D eigenvalue weighted by atomic mass is 10.1. The fourth-order valence-corrected chi connectivity index (χ4v) is 4.63.